The fourth-order valence-corrected chi connectivity index (χ4v) is 9.70. The van der Waals surface area contributed by atoms with Gasteiger partial charge in [0.15, 0.2) is 5.75 Å². The van der Waals surface area contributed by atoms with Crippen LogP contribution in [-0.2, 0) is 29.1 Å². The van der Waals surface area contributed by atoms with E-state index < -0.39 is 74.2 Å². The molecule has 8 rings (SSSR count). The van der Waals surface area contributed by atoms with Crippen molar-refractivity contribution in [2.75, 3.05) is 13.7 Å². The lowest BCUT2D eigenvalue weighted by molar-refractivity contribution is -0.141. The first-order chi connectivity index (χ1) is 27.5. The average Bonchev–Trinajstić information content (AvgIpc) is 4.11. The fraction of sp³-hybridized carbons (Fsp3) is 0.512. The first kappa shape index (κ1) is 38.6. The van der Waals surface area contributed by atoms with E-state index in [-0.39, 0.29) is 37.7 Å². The van der Waals surface area contributed by atoms with E-state index in [9.17, 15) is 32.4 Å². The number of allylic oxidation sites excluding steroid dienone is 1. The van der Waals surface area contributed by atoms with E-state index in [1.54, 1.807) is 6.20 Å². The number of alkyl carbamates (subject to hydrolysis) is 1. The van der Waals surface area contributed by atoms with Crippen LogP contribution >= 0.6 is 0 Å². The van der Waals surface area contributed by atoms with Gasteiger partial charge in [0, 0.05) is 18.9 Å². The number of fused-ring (bicyclic) bond motifs is 3. The van der Waals surface area contributed by atoms with E-state index in [0.29, 0.717) is 31.2 Å². The summed E-state index contributed by atoms with van der Waals surface area (Å²) in [5.41, 5.74) is -0.881. The van der Waals surface area contributed by atoms with Gasteiger partial charge in [-0.2, -0.15) is 5.10 Å². The number of carbonyl (C=O) groups excluding carboxylic acids is 4. The van der Waals surface area contributed by atoms with Crippen molar-refractivity contribution in [2.45, 2.75) is 112 Å². The van der Waals surface area contributed by atoms with E-state index in [0.717, 1.165) is 48.4 Å². The molecule has 0 bridgehead atoms. The molecule has 15 nitrogen and oxygen atoms in total. The van der Waals surface area contributed by atoms with Gasteiger partial charge in [0.1, 0.15) is 23.7 Å². The SMILES string of the molecule is COc1c(-c2cccc3ccccc23)cnn([C@@H]2C[C@H]3C(=O)N[C@]4(C(=O)NS(=O)(=O)C5CC5)C[C@H]4C=CCCCCC[C@H](NC(=O)OC4CCC4)C(=O)N3C2)c1=O. The summed E-state index contributed by atoms with van der Waals surface area (Å²) < 4.78 is 40.5. The highest BCUT2D eigenvalue weighted by atomic mass is 32.2. The molecule has 5 atom stereocenters. The number of ether oxygens (including phenoxy) is 2. The summed E-state index contributed by atoms with van der Waals surface area (Å²) in [5.74, 6) is -2.46. The van der Waals surface area contributed by atoms with Crippen molar-refractivity contribution in [3.8, 4) is 16.9 Å². The molecule has 2 aliphatic heterocycles. The summed E-state index contributed by atoms with van der Waals surface area (Å²) in [5, 5.41) is 11.4. The maximum Gasteiger partial charge on any atom is 0.408 e. The number of hydrogen-bond donors (Lipinski definition) is 3. The summed E-state index contributed by atoms with van der Waals surface area (Å²) in [6.07, 6.45) is 11.0. The zero-order valence-corrected chi connectivity index (χ0v) is 32.7. The quantitative estimate of drug-likeness (QED) is 0.282. The Morgan fingerprint density at radius 3 is 2.49 bits per heavy atom. The molecule has 3 saturated carbocycles. The largest absolute Gasteiger partial charge is 0.491 e. The second-order valence-electron chi connectivity index (χ2n) is 15.9. The molecule has 5 aliphatic rings. The van der Waals surface area contributed by atoms with Crippen LogP contribution in [0.25, 0.3) is 21.9 Å². The smallest absolute Gasteiger partial charge is 0.408 e. The summed E-state index contributed by atoms with van der Waals surface area (Å²) in [6, 6.07) is 10.4. The van der Waals surface area contributed by atoms with Crippen molar-refractivity contribution in [2.24, 2.45) is 5.92 Å². The van der Waals surface area contributed by atoms with E-state index in [1.165, 1.54) is 16.7 Å². The Labute approximate surface area is 330 Å². The number of amides is 4. The predicted octanol–water partition coefficient (Wildman–Crippen LogP) is 3.87. The molecule has 2 aromatic carbocycles. The summed E-state index contributed by atoms with van der Waals surface area (Å²) in [4.78, 5) is 71.5. The molecule has 0 unspecified atom stereocenters. The molecular formula is C41H48N6O9S. The number of benzene rings is 2. The van der Waals surface area contributed by atoms with Gasteiger partial charge < -0.3 is 25.0 Å². The first-order valence-corrected chi connectivity index (χ1v) is 21.5. The van der Waals surface area contributed by atoms with Crippen LogP contribution in [-0.4, -0.2) is 89.5 Å². The third-order valence-electron chi connectivity index (χ3n) is 12.1. The first-order valence-electron chi connectivity index (χ1n) is 20.0. The van der Waals surface area contributed by atoms with Crippen LogP contribution in [0.5, 0.6) is 5.75 Å². The number of carbonyl (C=O) groups is 4. The van der Waals surface area contributed by atoms with Gasteiger partial charge in [-0.25, -0.2) is 17.9 Å². The minimum atomic E-state index is -3.92. The number of rotatable bonds is 8. The lowest BCUT2D eigenvalue weighted by atomic mass is 9.96. The van der Waals surface area contributed by atoms with E-state index >= 15 is 0 Å². The molecule has 4 amide bonds. The molecule has 1 aromatic heterocycles. The molecule has 302 valence electrons. The van der Waals surface area contributed by atoms with Gasteiger partial charge in [-0.1, -0.05) is 67.5 Å². The van der Waals surface area contributed by atoms with Crippen LogP contribution in [0.3, 0.4) is 0 Å². The predicted molar refractivity (Wildman–Crippen MR) is 209 cm³/mol. The molecule has 1 saturated heterocycles. The summed E-state index contributed by atoms with van der Waals surface area (Å²) >= 11 is 0. The summed E-state index contributed by atoms with van der Waals surface area (Å²) in [7, 11) is -2.52. The van der Waals surface area contributed by atoms with Crippen LogP contribution in [0.4, 0.5) is 4.79 Å². The lowest BCUT2D eigenvalue weighted by Gasteiger charge is -2.31. The molecule has 4 fully saturated rings. The molecule has 0 spiro atoms. The van der Waals surface area contributed by atoms with Crippen LogP contribution in [0.1, 0.15) is 83.1 Å². The maximum atomic E-state index is 14.6. The minimum absolute atomic E-state index is 0.0416. The molecule has 0 radical (unpaired) electrons. The maximum absolute atomic E-state index is 14.6. The van der Waals surface area contributed by atoms with Gasteiger partial charge in [0.2, 0.25) is 21.8 Å². The Morgan fingerprint density at radius 1 is 0.947 bits per heavy atom. The Balaban J connectivity index is 1.13. The zero-order chi connectivity index (χ0) is 39.9. The van der Waals surface area contributed by atoms with Crippen molar-refractivity contribution < 1.29 is 37.1 Å². The summed E-state index contributed by atoms with van der Waals surface area (Å²) in [6.45, 7) is -0.116. The van der Waals surface area contributed by atoms with Crippen LogP contribution < -0.4 is 25.7 Å². The minimum Gasteiger partial charge on any atom is -0.491 e. The van der Waals surface area contributed by atoms with Crippen LogP contribution in [0.2, 0.25) is 0 Å². The fourth-order valence-electron chi connectivity index (χ4n) is 8.33. The number of methoxy groups -OCH3 is 1. The second-order valence-corrected chi connectivity index (χ2v) is 17.9. The highest BCUT2D eigenvalue weighted by Gasteiger charge is 2.62. The van der Waals surface area contributed by atoms with E-state index in [2.05, 4.69) is 20.5 Å². The Kier molecular flexibility index (Phi) is 10.6. The second kappa shape index (κ2) is 15.6. The van der Waals surface area contributed by atoms with Gasteiger partial charge in [-0.3, -0.25) is 23.9 Å². The number of nitrogens with zero attached hydrogens (tertiary/aromatic N) is 3. The van der Waals surface area contributed by atoms with Gasteiger partial charge in [0.05, 0.1) is 30.2 Å². The van der Waals surface area contributed by atoms with Gasteiger partial charge >= 0.3 is 11.7 Å². The molecule has 3 heterocycles. The molecular weight excluding hydrogens is 753 g/mol. The van der Waals surface area contributed by atoms with E-state index in [4.69, 9.17) is 9.47 Å². The number of hydrogen-bond acceptors (Lipinski definition) is 10. The molecule has 3 N–H and O–H groups in total. The Hall–Kier alpha value is -5.25. The standard InChI is InChI=1S/C41H48N6O9S/c1-55-35-32(31-17-9-12-25-11-7-8-16-30(25)31)23-42-47(38(35)50)27-21-34-36(48)44-41(39(51)45-57(53,54)29-19-20-29)22-26(41)13-5-3-2-4-6-18-33(37(49)46(34)24-27)43-40(52)56-28-14-10-15-28/h5,7-9,11-13,16-17,23,26-29,33-34H,2-4,6,10,14-15,18-22,24H2,1H3,(H,43,52)(H,44,48)(H,45,51)/t26-,27-,33+,34+,41-/m1/s1. The third kappa shape index (κ3) is 7.75. The van der Waals surface area contributed by atoms with Crippen molar-refractivity contribution in [3.63, 3.8) is 0 Å². The van der Waals surface area contributed by atoms with Gasteiger partial charge in [0.25, 0.3) is 5.91 Å². The average molecular weight is 801 g/mol. The number of aromatic nitrogens is 2. The Bertz CT molecular complexity index is 2280. The lowest BCUT2D eigenvalue weighted by Crippen LogP contribution is -2.58. The number of sulfonamides is 1. The van der Waals surface area contributed by atoms with Gasteiger partial charge in [-0.05, 0) is 74.1 Å². The van der Waals surface area contributed by atoms with Crippen molar-refractivity contribution >= 4 is 44.6 Å². The van der Waals surface area contributed by atoms with Crippen molar-refractivity contribution in [1.29, 1.82) is 0 Å². The topological polar surface area (TPSA) is 195 Å². The van der Waals surface area contributed by atoms with Crippen LogP contribution in [0.15, 0.2) is 65.6 Å². The van der Waals surface area contributed by atoms with Crippen LogP contribution in [0, 0.1) is 5.92 Å². The molecule has 57 heavy (non-hydrogen) atoms. The highest BCUT2D eigenvalue weighted by Crippen LogP contribution is 2.46. The monoisotopic (exact) mass is 800 g/mol. The normalized spacial score (nSPS) is 26.9. The van der Waals surface area contributed by atoms with Crippen molar-refractivity contribution in [1.82, 2.24) is 30.0 Å². The number of nitrogens with one attached hydrogen (secondary N) is 3. The molecule has 16 heteroatoms. The molecule has 3 aliphatic carbocycles. The Morgan fingerprint density at radius 2 is 1.74 bits per heavy atom. The van der Waals surface area contributed by atoms with Gasteiger partial charge in [-0.15, -0.1) is 0 Å². The third-order valence-corrected chi connectivity index (χ3v) is 13.9. The molecule has 3 aromatic rings. The van der Waals surface area contributed by atoms with E-state index in [1.807, 2.05) is 54.6 Å². The zero-order valence-electron chi connectivity index (χ0n) is 31.9. The highest BCUT2D eigenvalue weighted by molar-refractivity contribution is 7.91. The van der Waals surface area contributed by atoms with Crippen molar-refractivity contribution in [3.05, 3.63) is 71.2 Å².